The van der Waals surface area contributed by atoms with Crippen LogP contribution in [0.5, 0.6) is 0 Å². The number of rotatable bonds is 3. The fraction of sp³-hybridized carbons (Fsp3) is 0.208. The first kappa shape index (κ1) is 19.8. The van der Waals surface area contributed by atoms with Gasteiger partial charge in [0.1, 0.15) is 0 Å². The SMILES string of the molecule is O=C1c2ccccc2Sc2cc(-c3noc(-c4ccc(Br)o4)n3)ccc2N1C1CCCC1. The third kappa shape index (κ3) is 3.38. The summed E-state index contributed by atoms with van der Waals surface area (Å²) < 4.78 is 11.5. The van der Waals surface area contributed by atoms with Crippen molar-refractivity contribution < 1.29 is 13.7 Å². The standard InChI is InChI=1S/C24H18BrN3O3S/c25-21-12-11-18(30-21)23-26-22(27-31-23)14-9-10-17-20(13-14)32-19-8-4-3-7-16(19)24(29)28(17)15-5-1-2-6-15/h3-4,7-13,15H,1-2,5-6H2. The highest BCUT2D eigenvalue weighted by Gasteiger charge is 2.34. The predicted octanol–water partition coefficient (Wildman–Crippen LogP) is 6.81. The summed E-state index contributed by atoms with van der Waals surface area (Å²) in [5.74, 6) is 1.39. The van der Waals surface area contributed by atoms with Crippen molar-refractivity contribution in [3.05, 3.63) is 64.8 Å². The summed E-state index contributed by atoms with van der Waals surface area (Å²) >= 11 is 4.90. The first-order chi connectivity index (χ1) is 15.7. The van der Waals surface area contributed by atoms with Gasteiger partial charge in [0.15, 0.2) is 10.4 Å². The molecule has 1 amide bonds. The lowest BCUT2D eigenvalue weighted by Crippen LogP contribution is -2.39. The Balaban J connectivity index is 1.44. The predicted molar refractivity (Wildman–Crippen MR) is 125 cm³/mol. The monoisotopic (exact) mass is 507 g/mol. The quantitative estimate of drug-likeness (QED) is 0.303. The minimum absolute atomic E-state index is 0.0803. The summed E-state index contributed by atoms with van der Waals surface area (Å²) in [6.45, 7) is 0. The molecule has 2 aliphatic rings. The molecule has 6 rings (SSSR count). The van der Waals surface area contributed by atoms with Crippen LogP contribution in [-0.2, 0) is 0 Å². The molecule has 32 heavy (non-hydrogen) atoms. The van der Waals surface area contributed by atoms with Gasteiger partial charge < -0.3 is 13.8 Å². The van der Waals surface area contributed by atoms with E-state index in [1.807, 2.05) is 47.4 Å². The van der Waals surface area contributed by atoms with Gasteiger partial charge in [-0.05, 0) is 71.2 Å². The molecule has 1 fully saturated rings. The van der Waals surface area contributed by atoms with Crippen LogP contribution in [0.4, 0.5) is 5.69 Å². The molecule has 0 saturated heterocycles. The third-order valence-electron chi connectivity index (χ3n) is 5.93. The maximum absolute atomic E-state index is 13.6. The number of benzene rings is 2. The molecule has 1 aliphatic heterocycles. The summed E-state index contributed by atoms with van der Waals surface area (Å²) in [7, 11) is 0. The molecule has 0 unspecified atom stereocenters. The van der Waals surface area contributed by atoms with Gasteiger partial charge in [-0.1, -0.05) is 41.9 Å². The highest BCUT2D eigenvalue weighted by Crippen LogP contribution is 2.45. The molecule has 0 atom stereocenters. The van der Waals surface area contributed by atoms with Crippen LogP contribution in [0.2, 0.25) is 0 Å². The first-order valence-corrected chi connectivity index (χ1v) is 12.1. The molecule has 0 spiro atoms. The van der Waals surface area contributed by atoms with Gasteiger partial charge in [0.25, 0.3) is 11.8 Å². The molecule has 6 nitrogen and oxygen atoms in total. The Morgan fingerprint density at radius 1 is 1.03 bits per heavy atom. The van der Waals surface area contributed by atoms with Gasteiger partial charge in [-0.2, -0.15) is 4.98 Å². The Morgan fingerprint density at radius 2 is 1.88 bits per heavy atom. The fourth-order valence-electron chi connectivity index (χ4n) is 4.42. The molecule has 2 aromatic carbocycles. The van der Waals surface area contributed by atoms with Crippen LogP contribution in [0.15, 0.2) is 78.0 Å². The Kier molecular flexibility index (Phi) is 4.91. The van der Waals surface area contributed by atoms with Gasteiger partial charge in [-0.15, -0.1) is 0 Å². The molecular weight excluding hydrogens is 490 g/mol. The minimum atomic E-state index is 0.0803. The van der Waals surface area contributed by atoms with Crippen LogP contribution in [-0.4, -0.2) is 22.1 Å². The number of halogens is 1. The normalized spacial score (nSPS) is 16.2. The van der Waals surface area contributed by atoms with E-state index in [0.717, 1.165) is 52.3 Å². The van der Waals surface area contributed by atoms with Gasteiger partial charge >= 0.3 is 0 Å². The Morgan fingerprint density at radius 3 is 2.69 bits per heavy atom. The van der Waals surface area contributed by atoms with Crippen LogP contribution >= 0.6 is 27.7 Å². The number of fused-ring (bicyclic) bond motifs is 2. The number of nitrogens with zero attached hydrogens (tertiary/aromatic N) is 3. The second-order valence-corrected chi connectivity index (χ2v) is 9.79. The van der Waals surface area contributed by atoms with E-state index in [4.69, 9.17) is 8.94 Å². The zero-order valence-corrected chi connectivity index (χ0v) is 19.4. The van der Waals surface area contributed by atoms with Crippen molar-refractivity contribution in [2.45, 2.75) is 41.5 Å². The molecule has 8 heteroatoms. The average Bonchev–Trinajstić information content (AvgIpc) is 3.56. The molecule has 4 aromatic rings. The summed E-state index contributed by atoms with van der Waals surface area (Å²) in [6.07, 6.45) is 4.38. The lowest BCUT2D eigenvalue weighted by atomic mass is 10.1. The van der Waals surface area contributed by atoms with E-state index in [2.05, 4.69) is 26.1 Å². The fourth-order valence-corrected chi connectivity index (χ4v) is 5.83. The van der Waals surface area contributed by atoms with Crippen molar-refractivity contribution >= 4 is 39.3 Å². The van der Waals surface area contributed by atoms with Crippen molar-refractivity contribution in [3.63, 3.8) is 0 Å². The number of hydrogen-bond donors (Lipinski definition) is 0. The van der Waals surface area contributed by atoms with Gasteiger partial charge in [0, 0.05) is 21.4 Å². The smallest absolute Gasteiger partial charge is 0.293 e. The maximum Gasteiger partial charge on any atom is 0.293 e. The zero-order valence-electron chi connectivity index (χ0n) is 17.0. The van der Waals surface area contributed by atoms with Crippen LogP contribution in [0.3, 0.4) is 0 Å². The van der Waals surface area contributed by atoms with E-state index >= 15 is 0 Å². The molecule has 1 aliphatic carbocycles. The lowest BCUT2D eigenvalue weighted by Gasteiger charge is -2.29. The van der Waals surface area contributed by atoms with Crippen LogP contribution in [0.1, 0.15) is 36.0 Å². The van der Waals surface area contributed by atoms with E-state index in [-0.39, 0.29) is 11.9 Å². The third-order valence-corrected chi connectivity index (χ3v) is 7.48. The number of amides is 1. The van der Waals surface area contributed by atoms with Crippen LogP contribution < -0.4 is 4.90 Å². The molecule has 0 radical (unpaired) electrons. The lowest BCUT2D eigenvalue weighted by molar-refractivity contribution is 0.0974. The van der Waals surface area contributed by atoms with Gasteiger partial charge in [0.2, 0.25) is 5.82 Å². The second-order valence-electron chi connectivity index (χ2n) is 7.92. The first-order valence-electron chi connectivity index (χ1n) is 10.5. The molecule has 2 aromatic heterocycles. The van der Waals surface area contributed by atoms with E-state index in [0.29, 0.717) is 22.1 Å². The Bertz CT molecular complexity index is 1330. The number of carbonyl (C=O) groups is 1. The Hall–Kier alpha value is -2.84. The molecule has 0 N–H and O–H groups in total. The largest absolute Gasteiger partial charge is 0.444 e. The van der Waals surface area contributed by atoms with Crippen molar-refractivity contribution in [3.8, 4) is 23.0 Å². The molecule has 160 valence electrons. The van der Waals surface area contributed by atoms with E-state index in [1.54, 1.807) is 23.9 Å². The van der Waals surface area contributed by atoms with E-state index in [1.165, 1.54) is 0 Å². The summed E-state index contributed by atoms with van der Waals surface area (Å²) in [4.78, 5) is 22.1. The Labute approximate surface area is 197 Å². The van der Waals surface area contributed by atoms with E-state index < -0.39 is 0 Å². The summed E-state index contributed by atoms with van der Waals surface area (Å²) in [6, 6.07) is 17.6. The summed E-state index contributed by atoms with van der Waals surface area (Å²) in [5, 5.41) is 4.15. The molecule has 0 bridgehead atoms. The molecule has 3 heterocycles. The number of furan rings is 1. The molecule has 1 saturated carbocycles. The number of carbonyl (C=O) groups excluding carboxylic acids is 1. The summed E-state index contributed by atoms with van der Waals surface area (Å²) in [5.41, 5.74) is 2.54. The van der Waals surface area contributed by atoms with Gasteiger partial charge in [0.05, 0.1) is 11.3 Å². The van der Waals surface area contributed by atoms with Gasteiger partial charge in [-0.25, -0.2) is 0 Å². The van der Waals surface area contributed by atoms with Crippen molar-refractivity contribution in [2.75, 3.05) is 4.90 Å². The van der Waals surface area contributed by atoms with Crippen molar-refractivity contribution in [1.29, 1.82) is 0 Å². The average molecular weight is 508 g/mol. The molecular formula is C24H18BrN3O3S. The van der Waals surface area contributed by atoms with Crippen LogP contribution in [0, 0.1) is 0 Å². The number of aromatic nitrogens is 2. The second kappa shape index (κ2) is 7.94. The maximum atomic E-state index is 13.6. The van der Waals surface area contributed by atoms with Crippen molar-refractivity contribution in [1.82, 2.24) is 10.1 Å². The minimum Gasteiger partial charge on any atom is -0.444 e. The zero-order chi connectivity index (χ0) is 21.7. The number of hydrogen-bond acceptors (Lipinski definition) is 6. The van der Waals surface area contributed by atoms with Crippen LogP contribution in [0.25, 0.3) is 23.0 Å². The van der Waals surface area contributed by atoms with E-state index in [9.17, 15) is 4.79 Å². The van der Waals surface area contributed by atoms with Crippen molar-refractivity contribution in [2.24, 2.45) is 0 Å². The number of anilines is 1. The highest BCUT2D eigenvalue weighted by molar-refractivity contribution is 9.10. The van der Waals surface area contributed by atoms with Gasteiger partial charge in [-0.3, -0.25) is 4.79 Å². The topological polar surface area (TPSA) is 72.4 Å². The highest BCUT2D eigenvalue weighted by atomic mass is 79.9.